The zero-order valence-electron chi connectivity index (χ0n) is 12.4. The third-order valence-corrected chi connectivity index (χ3v) is 3.07. The molecule has 2 N–H and O–H groups in total. The summed E-state index contributed by atoms with van der Waals surface area (Å²) < 4.78 is 0. The van der Waals surface area contributed by atoms with E-state index >= 15 is 0 Å². The Balaban J connectivity index is 1.79. The second kappa shape index (κ2) is 6.86. The van der Waals surface area contributed by atoms with Crippen molar-refractivity contribution in [2.75, 3.05) is 10.6 Å². The van der Waals surface area contributed by atoms with Gasteiger partial charge in [-0.2, -0.15) is 20.6 Å². The summed E-state index contributed by atoms with van der Waals surface area (Å²) in [6.45, 7) is 0. The Bertz CT molecular complexity index is 879. The molecule has 0 unspecified atom stereocenters. The predicted molar refractivity (Wildman–Crippen MR) is 88.7 cm³/mol. The third kappa shape index (κ3) is 3.62. The molecule has 7 nitrogen and oxygen atoms in total. The van der Waals surface area contributed by atoms with Gasteiger partial charge in [0.15, 0.2) is 5.82 Å². The Kier molecular flexibility index (Phi) is 4.27. The van der Waals surface area contributed by atoms with Gasteiger partial charge in [0, 0.05) is 11.4 Å². The topological polar surface area (TPSA) is 110 Å². The van der Waals surface area contributed by atoms with Crippen molar-refractivity contribution >= 4 is 23.1 Å². The minimum Gasteiger partial charge on any atom is -0.339 e. The first-order valence-electron chi connectivity index (χ1n) is 7.01. The molecule has 0 atom stereocenters. The summed E-state index contributed by atoms with van der Waals surface area (Å²) in [5.41, 5.74) is 2.51. The van der Waals surface area contributed by atoms with Crippen LogP contribution in [0.4, 0.5) is 23.1 Å². The van der Waals surface area contributed by atoms with Crippen LogP contribution in [-0.4, -0.2) is 15.2 Å². The van der Waals surface area contributed by atoms with Crippen LogP contribution in [0.3, 0.4) is 0 Å². The van der Waals surface area contributed by atoms with Crippen molar-refractivity contribution < 1.29 is 0 Å². The molecule has 0 fully saturated rings. The van der Waals surface area contributed by atoms with Gasteiger partial charge in [-0.3, -0.25) is 0 Å². The second-order valence-electron chi connectivity index (χ2n) is 4.80. The van der Waals surface area contributed by atoms with Gasteiger partial charge >= 0.3 is 0 Å². The summed E-state index contributed by atoms with van der Waals surface area (Å²) in [7, 11) is 0. The first kappa shape index (κ1) is 14.9. The lowest BCUT2D eigenvalue weighted by Crippen LogP contribution is -2.02. The molecule has 3 aromatic rings. The number of aromatic nitrogens is 3. The summed E-state index contributed by atoms with van der Waals surface area (Å²) in [5.74, 6) is 0.783. The van der Waals surface area contributed by atoms with Gasteiger partial charge in [0.2, 0.25) is 5.95 Å². The number of nitrogens with zero attached hydrogens (tertiary/aromatic N) is 5. The smallest absolute Gasteiger partial charge is 0.249 e. The van der Waals surface area contributed by atoms with Gasteiger partial charge in [-0.1, -0.05) is 12.1 Å². The summed E-state index contributed by atoms with van der Waals surface area (Å²) in [6.07, 6.45) is 1.48. The van der Waals surface area contributed by atoms with Crippen molar-refractivity contribution in [3.63, 3.8) is 0 Å². The monoisotopic (exact) mass is 313 g/mol. The average molecular weight is 313 g/mol. The minimum absolute atomic E-state index is 0.298. The molecule has 24 heavy (non-hydrogen) atoms. The highest BCUT2D eigenvalue weighted by molar-refractivity contribution is 5.60. The molecular formula is C17H11N7. The van der Waals surface area contributed by atoms with Crippen molar-refractivity contribution in [1.82, 2.24) is 15.2 Å². The van der Waals surface area contributed by atoms with Gasteiger partial charge in [0.1, 0.15) is 0 Å². The highest BCUT2D eigenvalue weighted by Gasteiger charge is 2.03. The summed E-state index contributed by atoms with van der Waals surface area (Å²) >= 11 is 0. The molecule has 0 bridgehead atoms. The first-order chi connectivity index (χ1) is 11.8. The van der Waals surface area contributed by atoms with Crippen molar-refractivity contribution in [2.45, 2.75) is 0 Å². The molecule has 0 aliphatic heterocycles. The fourth-order valence-electron chi connectivity index (χ4n) is 2.03. The number of hydrogen-bond donors (Lipinski definition) is 2. The van der Waals surface area contributed by atoms with E-state index in [1.807, 2.05) is 6.07 Å². The van der Waals surface area contributed by atoms with Crippen LogP contribution in [0.15, 0.2) is 54.7 Å². The van der Waals surface area contributed by atoms with E-state index in [4.69, 9.17) is 10.5 Å². The first-order valence-corrected chi connectivity index (χ1v) is 7.01. The average Bonchev–Trinajstić information content (AvgIpc) is 2.62. The fraction of sp³-hybridized carbons (Fsp3) is 0. The van der Waals surface area contributed by atoms with Gasteiger partial charge < -0.3 is 10.6 Å². The number of rotatable bonds is 4. The molecule has 2 aromatic carbocycles. The lowest BCUT2D eigenvalue weighted by Gasteiger charge is -2.08. The molecule has 0 radical (unpaired) electrons. The van der Waals surface area contributed by atoms with E-state index in [1.54, 1.807) is 42.5 Å². The van der Waals surface area contributed by atoms with Crippen molar-refractivity contribution in [3.05, 3.63) is 65.9 Å². The molecule has 114 valence electrons. The van der Waals surface area contributed by atoms with Crippen LogP contribution in [0.25, 0.3) is 0 Å². The predicted octanol–water partition coefficient (Wildman–Crippen LogP) is 3.10. The molecule has 1 aromatic heterocycles. The summed E-state index contributed by atoms with van der Waals surface area (Å²) in [6, 6.07) is 18.2. The maximum Gasteiger partial charge on any atom is 0.249 e. The van der Waals surface area contributed by atoms with E-state index in [2.05, 4.69) is 38.0 Å². The Morgan fingerprint density at radius 1 is 0.833 bits per heavy atom. The second-order valence-corrected chi connectivity index (χ2v) is 4.80. The van der Waals surface area contributed by atoms with E-state index in [-0.39, 0.29) is 0 Å². The number of benzene rings is 2. The van der Waals surface area contributed by atoms with Gasteiger partial charge in [0.25, 0.3) is 0 Å². The van der Waals surface area contributed by atoms with Crippen LogP contribution in [0.5, 0.6) is 0 Å². The third-order valence-electron chi connectivity index (χ3n) is 3.07. The van der Waals surface area contributed by atoms with Crippen LogP contribution in [-0.2, 0) is 0 Å². The SMILES string of the molecule is N#Cc1cccc(Nc2cnnc(Nc3cccc(C#N)c3)n2)c1. The fourth-order valence-corrected chi connectivity index (χ4v) is 2.03. The summed E-state index contributed by atoms with van der Waals surface area (Å²) in [4.78, 5) is 4.31. The molecule has 0 saturated carbocycles. The molecule has 1 heterocycles. The molecule has 0 spiro atoms. The lowest BCUT2D eigenvalue weighted by atomic mass is 10.2. The molecule has 0 amide bonds. The Morgan fingerprint density at radius 2 is 1.46 bits per heavy atom. The van der Waals surface area contributed by atoms with Gasteiger partial charge in [0.05, 0.1) is 29.5 Å². The van der Waals surface area contributed by atoms with Crippen LogP contribution in [0.1, 0.15) is 11.1 Å². The van der Waals surface area contributed by atoms with E-state index < -0.39 is 0 Å². The Hall–Kier alpha value is -3.97. The van der Waals surface area contributed by atoms with Gasteiger partial charge in [-0.05, 0) is 36.4 Å². The Morgan fingerprint density at radius 3 is 2.08 bits per heavy atom. The zero-order valence-corrected chi connectivity index (χ0v) is 12.4. The molecule has 0 aliphatic carbocycles. The molecule has 0 aliphatic rings. The maximum absolute atomic E-state index is 8.93. The highest BCUT2D eigenvalue weighted by Crippen LogP contribution is 2.18. The van der Waals surface area contributed by atoms with Crippen LogP contribution in [0, 0.1) is 22.7 Å². The standard InChI is InChI=1S/C17H11N7/c18-9-12-3-1-5-14(7-12)21-16-11-20-24-17(23-16)22-15-6-2-4-13(8-15)10-19/h1-8,11H,(H2,21,22,23,24). The number of hydrogen-bond acceptors (Lipinski definition) is 7. The van der Waals surface area contributed by atoms with Gasteiger partial charge in [-0.25, -0.2) is 0 Å². The zero-order chi connectivity index (χ0) is 16.8. The van der Waals surface area contributed by atoms with E-state index in [1.165, 1.54) is 6.20 Å². The van der Waals surface area contributed by atoms with Crippen molar-refractivity contribution in [2.24, 2.45) is 0 Å². The normalized spacial score (nSPS) is 9.58. The Labute approximate surface area is 138 Å². The quantitative estimate of drug-likeness (QED) is 0.761. The summed E-state index contributed by atoms with van der Waals surface area (Å²) in [5, 5.41) is 31.7. The number of nitrogens with one attached hydrogen (secondary N) is 2. The van der Waals surface area contributed by atoms with Gasteiger partial charge in [-0.15, -0.1) is 5.10 Å². The molecule has 3 rings (SSSR count). The minimum atomic E-state index is 0.298. The van der Waals surface area contributed by atoms with Crippen LogP contribution in [0.2, 0.25) is 0 Å². The molecule has 0 saturated heterocycles. The van der Waals surface area contributed by atoms with Crippen LogP contribution >= 0.6 is 0 Å². The lowest BCUT2D eigenvalue weighted by molar-refractivity contribution is 0.982. The van der Waals surface area contributed by atoms with E-state index in [0.29, 0.717) is 28.6 Å². The van der Waals surface area contributed by atoms with Crippen LogP contribution < -0.4 is 10.6 Å². The highest BCUT2D eigenvalue weighted by atomic mass is 15.3. The van der Waals surface area contributed by atoms with Crippen molar-refractivity contribution in [3.8, 4) is 12.1 Å². The maximum atomic E-state index is 8.93. The largest absolute Gasteiger partial charge is 0.339 e. The number of anilines is 4. The molecule has 7 heteroatoms. The van der Waals surface area contributed by atoms with E-state index in [9.17, 15) is 0 Å². The number of nitriles is 2. The van der Waals surface area contributed by atoms with Crippen molar-refractivity contribution in [1.29, 1.82) is 10.5 Å². The molecular weight excluding hydrogens is 302 g/mol. The van der Waals surface area contributed by atoms with E-state index in [0.717, 1.165) is 5.69 Å².